The first-order chi connectivity index (χ1) is 7.76. The molecule has 1 aromatic rings. The van der Waals surface area contributed by atoms with Gasteiger partial charge in [-0.25, -0.2) is 0 Å². The Kier molecular flexibility index (Phi) is 4.75. The molecule has 16 heavy (non-hydrogen) atoms. The molecule has 1 N–H and O–H groups in total. The maximum absolute atomic E-state index is 9.32. The molecule has 1 unspecified atom stereocenters. The second kappa shape index (κ2) is 6.09. The van der Waals surface area contributed by atoms with E-state index >= 15 is 0 Å². The van der Waals surface area contributed by atoms with Crippen LogP contribution in [-0.2, 0) is 6.42 Å². The fourth-order valence-corrected chi connectivity index (χ4v) is 1.68. The first-order valence-corrected chi connectivity index (χ1v) is 5.57. The van der Waals surface area contributed by atoms with Crippen molar-refractivity contribution in [2.75, 3.05) is 6.54 Å². The molecule has 0 aromatic heterocycles. The second-order valence-electron chi connectivity index (χ2n) is 3.88. The minimum absolute atomic E-state index is 0.477. The largest absolute Gasteiger partial charge is 0.296 e. The highest BCUT2D eigenvalue weighted by atomic mass is 15.0. The smallest absolute Gasteiger partial charge is 0.110 e. The van der Waals surface area contributed by atoms with Gasteiger partial charge in [0.25, 0.3) is 0 Å². The van der Waals surface area contributed by atoms with Crippen molar-refractivity contribution in [3.05, 3.63) is 48.6 Å². The molecule has 84 valence electrons. The van der Waals surface area contributed by atoms with Gasteiger partial charge < -0.3 is 0 Å². The Morgan fingerprint density at radius 3 is 2.62 bits per heavy atom. The molecule has 0 aliphatic carbocycles. The van der Waals surface area contributed by atoms with Gasteiger partial charge in [0, 0.05) is 13.0 Å². The summed E-state index contributed by atoms with van der Waals surface area (Å²) in [5.74, 6) is 0. The van der Waals surface area contributed by atoms with E-state index in [0.29, 0.717) is 6.54 Å². The molecule has 0 amide bonds. The molecule has 0 aliphatic heterocycles. The molecule has 0 fully saturated rings. The summed E-state index contributed by atoms with van der Waals surface area (Å²) >= 11 is 0. The van der Waals surface area contributed by atoms with Crippen molar-refractivity contribution in [1.82, 2.24) is 5.32 Å². The lowest BCUT2D eigenvalue weighted by atomic mass is 9.89. The molecule has 0 saturated heterocycles. The van der Waals surface area contributed by atoms with Crippen LogP contribution >= 0.6 is 0 Å². The van der Waals surface area contributed by atoms with Crippen LogP contribution in [0.2, 0.25) is 0 Å². The summed E-state index contributed by atoms with van der Waals surface area (Å²) in [5, 5.41) is 12.6. The molecule has 0 radical (unpaired) electrons. The zero-order valence-corrected chi connectivity index (χ0v) is 9.74. The third-order valence-electron chi connectivity index (χ3n) is 2.75. The summed E-state index contributed by atoms with van der Waals surface area (Å²) in [4.78, 5) is 0. The Morgan fingerprint density at radius 1 is 1.44 bits per heavy atom. The van der Waals surface area contributed by atoms with Gasteiger partial charge in [-0.1, -0.05) is 43.3 Å². The number of nitrogens with zero attached hydrogens (tertiary/aromatic N) is 1. The summed E-state index contributed by atoms with van der Waals surface area (Å²) in [5.41, 5.74) is 0.706. The van der Waals surface area contributed by atoms with Crippen LogP contribution < -0.4 is 5.32 Å². The lowest BCUT2D eigenvalue weighted by molar-refractivity contribution is 0.415. The Hall–Kier alpha value is -1.59. The molecule has 0 heterocycles. The van der Waals surface area contributed by atoms with Gasteiger partial charge in [-0.05, 0) is 12.0 Å². The average molecular weight is 214 g/mol. The molecular weight excluding hydrogens is 196 g/mol. The van der Waals surface area contributed by atoms with Gasteiger partial charge in [-0.3, -0.25) is 5.32 Å². The standard InChI is InChI=1S/C14H18N2/c1-3-10-16-14(4-2,12-15)11-13-8-6-5-7-9-13/h3,5-9,16H,1,4,10-11H2,2H3. The minimum Gasteiger partial charge on any atom is -0.296 e. The minimum atomic E-state index is -0.477. The number of rotatable bonds is 6. The summed E-state index contributed by atoms with van der Waals surface area (Å²) in [6, 6.07) is 12.5. The fraction of sp³-hybridized carbons (Fsp3) is 0.357. The van der Waals surface area contributed by atoms with Crippen molar-refractivity contribution < 1.29 is 0 Å². The second-order valence-corrected chi connectivity index (χ2v) is 3.88. The van der Waals surface area contributed by atoms with E-state index in [-0.39, 0.29) is 0 Å². The van der Waals surface area contributed by atoms with Crippen molar-refractivity contribution in [3.63, 3.8) is 0 Å². The normalized spacial score (nSPS) is 13.8. The molecule has 1 rings (SSSR count). The van der Waals surface area contributed by atoms with Gasteiger partial charge in [0.1, 0.15) is 5.54 Å². The lowest BCUT2D eigenvalue weighted by Crippen LogP contribution is -2.45. The predicted octanol–water partition coefficient (Wildman–Crippen LogP) is 2.68. The molecule has 1 aromatic carbocycles. The van der Waals surface area contributed by atoms with Crippen LogP contribution in [0.1, 0.15) is 18.9 Å². The van der Waals surface area contributed by atoms with E-state index < -0.39 is 5.54 Å². The van der Waals surface area contributed by atoms with Crippen LogP contribution in [0.25, 0.3) is 0 Å². The van der Waals surface area contributed by atoms with Gasteiger partial charge in [0.15, 0.2) is 0 Å². The van der Waals surface area contributed by atoms with Gasteiger partial charge in [-0.15, -0.1) is 6.58 Å². The van der Waals surface area contributed by atoms with E-state index in [1.165, 1.54) is 5.56 Å². The molecular formula is C14H18N2. The SMILES string of the molecule is C=CCNC(C#N)(CC)Cc1ccccc1. The van der Waals surface area contributed by atoms with Crippen LogP contribution in [-0.4, -0.2) is 12.1 Å². The van der Waals surface area contributed by atoms with Crippen LogP contribution in [0.3, 0.4) is 0 Å². The zero-order chi connectivity index (χ0) is 11.9. The van der Waals surface area contributed by atoms with Crippen LogP contribution in [0.15, 0.2) is 43.0 Å². The van der Waals surface area contributed by atoms with Crippen molar-refractivity contribution in [2.45, 2.75) is 25.3 Å². The molecule has 2 heteroatoms. The molecule has 0 saturated carbocycles. The van der Waals surface area contributed by atoms with Gasteiger partial charge in [0.2, 0.25) is 0 Å². The van der Waals surface area contributed by atoms with Crippen molar-refractivity contribution in [2.24, 2.45) is 0 Å². The maximum atomic E-state index is 9.32. The van der Waals surface area contributed by atoms with Crippen LogP contribution in [0.5, 0.6) is 0 Å². The van der Waals surface area contributed by atoms with Crippen molar-refractivity contribution in [3.8, 4) is 6.07 Å². The Labute approximate surface area is 97.6 Å². The summed E-state index contributed by atoms with van der Waals surface area (Å²) < 4.78 is 0. The predicted molar refractivity (Wildman–Crippen MR) is 67.0 cm³/mol. The van der Waals surface area contributed by atoms with E-state index in [9.17, 15) is 5.26 Å². The highest BCUT2D eigenvalue weighted by molar-refractivity contribution is 5.22. The molecule has 0 aliphatic rings. The Bertz CT molecular complexity index is 364. The number of nitrogens with one attached hydrogen (secondary N) is 1. The first kappa shape index (κ1) is 12.5. The summed E-state index contributed by atoms with van der Waals surface area (Å²) in [7, 11) is 0. The topological polar surface area (TPSA) is 35.8 Å². The van der Waals surface area contributed by atoms with Crippen molar-refractivity contribution in [1.29, 1.82) is 5.26 Å². The van der Waals surface area contributed by atoms with E-state index in [1.54, 1.807) is 6.08 Å². The van der Waals surface area contributed by atoms with Crippen LogP contribution in [0.4, 0.5) is 0 Å². The summed E-state index contributed by atoms with van der Waals surface area (Å²) in [6.07, 6.45) is 3.30. The Morgan fingerprint density at radius 2 is 2.12 bits per heavy atom. The quantitative estimate of drug-likeness (QED) is 0.739. The van der Waals surface area contributed by atoms with Gasteiger partial charge in [-0.2, -0.15) is 5.26 Å². The third kappa shape index (κ3) is 3.22. The lowest BCUT2D eigenvalue weighted by Gasteiger charge is -2.26. The highest BCUT2D eigenvalue weighted by Crippen LogP contribution is 2.16. The Balaban J connectivity index is 2.79. The maximum Gasteiger partial charge on any atom is 0.110 e. The number of nitriles is 1. The van der Waals surface area contributed by atoms with E-state index in [2.05, 4.69) is 30.1 Å². The van der Waals surface area contributed by atoms with Crippen molar-refractivity contribution >= 4 is 0 Å². The molecule has 1 atom stereocenters. The van der Waals surface area contributed by atoms with E-state index in [0.717, 1.165) is 12.8 Å². The number of hydrogen-bond acceptors (Lipinski definition) is 2. The summed E-state index contributed by atoms with van der Waals surface area (Å²) in [6.45, 7) is 6.36. The highest BCUT2D eigenvalue weighted by Gasteiger charge is 2.26. The first-order valence-electron chi connectivity index (χ1n) is 5.57. The third-order valence-corrected chi connectivity index (χ3v) is 2.75. The number of benzene rings is 1. The molecule has 0 bridgehead atoms. The molecule has 2 nitrogen and oxygen atoms in total. The number of hydrogen-bond donors (Lipinski definition) is 1. The van der Waals surface area contributed by atoms with Gasteiger partial charge in [0.05, 0.1) is 6.07 Å². The fourth-order valence-electron chi connectivity index (χ4n) is 1.68. The monoisotopic (exact) mass is 214 g/mol. The zero-order valence-electron chi connectivity index (χ0n) is 9.74. The van der Waals surface area contributed by atoms with E-state index in [1.807, 2.05) is 25.1 Å². The average Bonchev–Trinajstić information content (AvgIpc) is 2.36. The van der Waals surface area contributed by atoms with Gasteiger partial charge >= 0.3 is 0 Å². The van der Waals surface area contributed by atoms with E-state index in [4.69, 9.17) is 0 Å². The molecule has 0 spiro atoms. The van der Waals surface area contributed by atoms with Crippen LogP contribution in [0, 0.1) is 11.3 Å².